The summed E-state index contributed by atoms with van der Waals surface area (Å²) >= 11 is 0. The molecule has 2 N–H and O–H groups in total. The number of anilines is 1. The molecule has 1 heterocycles. The molecule has 0 unspecified atom stereocenters. The van der Waals surface area contributed by atoms with Gasteiger partial charge in [0.1, 0.15) is 0 Å². The van der Waals surface area contributed by atoms with Gasteiger partial charge in [0.2, 0.25) is 0 Å². The molecular formula is C11H14N2O2. The van der Waals surface area contributed by atoms with E-state index < -0.39 is 5.97 Å². The molecule has 1 aromatic rings. The first-order valence-corrected chi connectivity index (χ1v) is 4.77. The lowest BCUT2D eigenvalue weighted by Gasteiger charge is -2.07. The van der Waals surface area contributed by atoms with Crippen molar-refractivity contribution in [3.05, 3.63) is 36.7 Å². The third kappa shape index (κ3) is 3.42. The summed E-state index contributed by atoms with van der Waals surface area (Å²) in [6.07, 6.45) is 6.67. The highest BCUT2D eigenvalue weighted by Gasteiger charge is 2.08. The van der Waals surface area contributed by atoms with Crippen molar-refractivity contribution in [2.24, 2.45) is 0 Å². The van der Waals surface area contributed by atoms with Crippen LogP contribution in [-0.2, 0) is 0 Å². The number of pyridine rings is 1. The number of allylic oxidation sites excluding steroid dienone is 1. The summed E-state index contributed by atoms with van der Waals surface area (Å²) in [7, 11) is 0. The van der Waals surface area contributed by atoms with Crippen molar-refractivity contribution in [2.75, 3.05) is 11.9 Å². The van der Waals surface area contributed by atoms with Crippen LogP contribution in [0.2, 0.25) is 0 Å². The summed E-state index contributed by atoms with van der Waals surface area (Å²) in [5.41, 5.74) is 0.817. The number of nitrogens with one attached hydrogen (secondary N) is 1. The molecule has 0 saturated carbocycles. The van der Waals surface area contributed by atoms with Crippen molar-refractivity contribution in [1.29, 1.82) is 0 Å². The van der Waals surface area contributed by atoms with E-state index in [1.807, 2.05) is 6.08 Å². The van der Waals surface area contributed by atoms with Crippen LogP contribution in [0.1, 0.15) is 23.2 Å². The van der Waals surface area contributed by atoms with Gasteiger partial charge in [-0.2, -0.15) is 0 Å². The SMILES string of the molecule is C=CCCCNc1cnccc1C(=O)O. The van der Waals surface area contributed by atoms with Gasteiger partial charge >= 0.3 is 5.97 Å². The van der Waals surface area contributed by atoms with Crippen LogP contribution in [0, 0.1) is 0 Å². The van der Waals surface area contributed by atoms with E-state index in [0.29, 0.717) is 5.69 Å². The number of carboxylic acid groups (broad SMARTS) is 1. The van der Waals surface area contributed by atoms with Gasteiger partial charge in [-0.15, -0.1) is 6.58 Å². The van der Waals surface area contributed by atoms with Gasteiger partial charge in [0.15, 0.2) is 0 Å². The van der Waals surface area contributed by atoms with E-state index in [2.05, 4.69) is 16.9 Å². The van der Waals surface area contributed by atoms with Crippen molar-refractivity contribution in [1.82, 2.24) is 4.98 Å². The van der Waals surface area contributed by atoms with E-state index in [1.165, 1.54) is 18.5 Å². The van der Waals surface area contributed by atoms with Crippen LogP contribution in [0.5, 0.6) is 0 Å². The zero-order chi connectivity index (χ0) is 11.1. The van der Waals surface area contributed by atoms with E-state index in [0.717, 1.165) is 19.4 Å². The molecule has 0 aliphatic heterocycles. The molecule has 0 spiro atoms. The monoisotopic (exact) mass is 206 g/mol. The Kier molecular flexibility index (Phi) is 4.34. The Labute approximate surface area is 88.7 Å². The second kappa shape index (κ2) is 5.80. The maximum atomic E-state index is 10.8. The molecule has 0 bridgehead atoms. The van der Waals surface area contributed by atoms with E-state index in [-0.39, 0.29) is 5.56 Å². The number of carbonyl (C=O) groups is 1. The summed E-state index contributed by atoms with van der Waals surface area (Å²) in [5, 5.41) is 11.9. The van der Waals surface area contributed by atoms with Gasteiger partial charge < -0.3 is 10.4 Å². The quantitative estimate of drug-likeness (QED) is 0.553. The van der Waals surface area contributed by atoms with E-state index >= 15 is 0 Å². The Morgan fingerprint density at radius 3 is 3.13 bits per heavy atom. The minimum Gasteiger partial charge on any atom is -0.478 e. The first kappa shape index (κ1) is 11.2. The lowest BCUT2D eigenvalue weighted by Crippen LogP contribution is -2.07. The van der Waals surface area contributed by atoms with E-state index in [1.54, 1.807) is 0 Å². The van der Waals surface area contributed by atoms with Crippen LogP contribution in [0.25, 0.3) is 0 Å². The molecule has 80 valence electrons. The molecule has 0 aromatic carbocycles. The van der Waals surface area contributed by atoms with Crippen LogP contribution in [0.15, 0.2) is 31.1 Å². The Morgan fingerprint density at radius 1 is 1.67 bits per heavy atom. The molecule has 4 heteroatoms. The molecule has 0 fully saturated rings. The smallest absolute Gasteiger partial charge is 0.337 e. The van der Waals surface area contributed by atoms with Gasteiger partial charge in [-0.05, 0) is 18.9 Å². The molecule has 0 aliphatic carbocycles. The molecule has 0 radical (unpaired) electrons. The summed E-state index contributed by atoms with van der Waals surface area (Å²) in [5.74, 6) is -0.941. The lowest BCUT2D eigenvalue weighted by molar-refractivity contribution is 0.0698. The van der Waals surface area contributed by atoms with Crippen LogP contribution in [0.3, 0.4) is 0 Å². The fraction of sp³-hybridized carbons (Fsp3) is 0.273. The number of aromatic carboxylic acids is 1. The third-order valence-corrected chi connectivity index (χ3v) is 1.95. The fourth-order valence-electron chi connectivity index (χ4n) is 1.19. The van der Waals surface area contributed by atoms with Gasteiger partial charge in [0, 0.05) is 12.7 Å². The van der Waals surface area contributed by atoms with Crippen molar-refractivity contribution < 1.29 is 9.90 Å². The molecule has 0 saturated heterocycles. The number of carboxylic acids is 1. The van der Waals surface area contributed by atoms with Crippen molar-refractivity contribution >= 4 is 11.7 Å². The molecule has 1 aromatic heterocycles. The van der Waals surface area contributed by atoms with Gasteiger partial charge in [-0.1, -0.05) is 6.08 Å². The molecule has 0 amide bonds. The zero-order valence-corrected chi connectivity index (χ0v) is 8.44. The average Bonchev–Trinajstić information content (AvgIpc) is 2.25. The summed E-state index contributed by atoms with van der Waals surface area (Å²) in [4.78, 5) is 14.7. The largest absolute Gasteiger partial charge is 0.478 e. The Bertz CT molecular complexity index is 350. The number of aromatic nitrogens is 1. The normalized spacial score (nSPS) is 9.60. The molecule has 0 atom stereocenters. The Balaban J connectivity index is 2.59. The van der Waals surface area contributed by atoms with Crippen molar-refractivity contribution in [3.63, 3.8) is 0 Å². The Morgan fingerprint density at radius 2 is 2.47 bits per heavy atom. The number of rotatable bonds is 6. The highest BCUT2D eigenvalue weighted by Crippen LogP contribution is 2.13. The van der Waals surface area contributed by atoms with Crippen molar-refractivity contribution in [2.45, 2.75) is 12.8 Å². The molecular weight excluding hydrogens is 192 g/mol. The molecule has 4 nitrogen and oxygen atoms in total. The number of hydrogen-bond donors (Lipinski definition) is 2. The molecule has 1 rings (SSSR count). The number of unbranched alkanes of at least 4 members (excludes halogenated alkanes) is 1. The maximum absolute atomic E-state index is 10.8. The zero-order valence-electron chi connectivity index (χ0n) is 8.44. The van der Waals surface area contributed by atoms with E-state index in [4.69, 9.17) is 5.11 Å². The number of nitrogens with zero attached hydrogens (tertiary/aromatic N) is 1. The second-order valence-electron chi connectivity index (χ2n) is 3.08. The van der Waals surface area contributed by atoms with Gasteiger partial charge in [0.25, 0.3) is 0 Å². The summed E-state index contributed by atoms with van der Waals surface area (Å²) < 4.78 is 0. The van der Waals surface area contributed by atoms with Crippen LogP contribution >= 0.6 is 0 Å². The van der Waals surface area contributed by atoms with Crippen molar-refractivity contribution in [3.8, 4) is 0 Å². The van der Waals surface area contributed by atoms with Gasteiger partial charge in [-0.25, -0.2) is 4.79 Å². The lowest BCUT2D eigenvalue weighted by atomic mass is 10.2. The predicted octanol–water partition coefficient (Wildman–Crippen LogP) is 2.16. The average molecular weight is 206 g/mol. The first-order valence-electron chi connectivity index (χ1n) is 4.77. The highest BCUT2D eigenvalue weighted by molar-refractivity contribution is 5.93. The fourth-order valence-corrected chi connectivity index (χ4v) is 1.19. The molecule has 0 aliphatic rings. The second-order valence-corrected chi connectivity index (χ2v) is 3.08. The predicted molar refractivity (Wildman–Crippen MR) is 59.1 cm³/mol. The standard InChI is InChI=1S/C11H14N2O2/c1-2-3-4-6-13-10-8-12-7-5-9(10)11(14)15/h2,5,7-8,13H,1,3-4,6H2,(H,14,15). The van der Waals surface area contributed by atoms with Crippen LogP contribution < -0.4 is 5.32 Å². The van der Waals surface area contributed by atoms with E-state index in [9.17, 15) is 4.79 Å². The maximum Gasteiger partial charge on any atom is 0.337 e. The first-order chi connectivity index (χ1) is 7.25. The summed E-state index contributed by atoms with van der Waals surface area (Å²) in [6.45, 7) is 4.34. The van der Waals surface area contributed by atoms with Gasteiger partial charge in [0.05, 0.1) is 17.4 Å². The minimum absolute atomic E-state index is 0.253. The topological polar surface area (TPSA) is 62.2 Å². The van der Waals surface area contributed by atoms with Gasteiger partial charge in [-0.3, -0.25) is 4.98 Å². The highest BCUT2D eigenvalue weighted by atomic mass is 16.4. The number of hydrogen-bond acceptors (Lipinski definition) is 3. The minimum atomic E-state index is -0.941. The summed E-state index contributed by atoms with van der Waals surface area (Å²) in [6, 6.07) is 1.48. The molecule has 15 heavy (non-hydrogen) atoms. The third-order valence-electron chi connectivity index (χ3n) is 1.95. The van der Waals surface area contributed by atoms with Crippen LogP contribution in [0.4, 0.5) is 5.69 Å². The Hall–Kier alpha value is -1.84. The van der Waals surface area contributed by atoms with Crippen LogP contribution in [-0.4, -0.2) is 22.6 Å².